The number of hydrogen-bond donors (Lipinski definition) is 4. The molecule has 0 unspecified atom stereocenters. The first-order chi connectivity index (χ1) is 18.3. The van der Waals surface area contributed by atoms with E-state index in [4.69, 9.17) is 9.84 Å². The first kappa shape index (κ1) is 26.5. The van der Waals surface area contributed by atoms with Crippen molar-refractivity contribution in [3.05, 3.63) is 77.6 Å². The summed E-state index contributed by atoms with van der Waals surface area (Å²) in [7, 11) is 1.52. The molecule has 0 saturated carbocycles. The second kappa shape index (κ2) is 12.1. The van der Waals surface area contributed by atoms with Crippen LogP contribution in [0.1, 0.15) is 34.5 Å². The van der Waals surface area contributed by atoms with Gasteiger partial charge in [0.05, 0.1) is 31.1 Å². The van der Waals surface area contributed by atoms with E-state index in [-0.39, 0.29) is 30.1 Å². The van der Waals surface area contributed by atoms with Gasteiger partial charge in [-0.05, 0) is 61.2 Å². The van der Waals surface area contributed by atoms with Crippen LogP contribution < -0.4 is 20.7 Å². The Morgan fingerprint density at radius 1 is 1.08 bits per heavy atom. The van der Waals surface area contributed by atoms with Crippen molar-refractivity contribution < 1.29 is 24.2 Å². The lowest BCUT2D eigenvalue weighted by Crippen LogP contribution is -2.40. The van der Waals surface area contributed by atoms with Gasteiger partial charge in [-0.25, -0.2) is 14.6 Å². The standard InChI is InChI=1S/C28H31N5O5/c1-18-6-3-4-8-22(18)31-28(37)32-23-11-9-19(14-25(23)38-2)15-26(34)33-13-5-7-21(33)17-29-20-10-12-24(27(35)36)30-16-20/h3-4,6,8-12,14,16,21,29H,5,7,13,15,17H2,1-2H3,(H,35,36)(H2,31,32,37)/t21-/m0/s1. The summed E-state index contributed by atoms with van der Waals surface area (Å²) in [6.07, 6.45) is 3.48. The molecule has 0 radical (unpaired) electrons. The van der Waals surface area contributed by atoms with Gasteiger partial charge in [-0.15, -0.1) is 0 Å². The molecule has 38 heavy (non-hydrogen) atoms. The molecule has 4 N–H and O–H groups in total. The minimum absolute atomic E-state index is 0.00806. The molecule has 10 heteroatoms. The number of urea groups is 1. The number of likely N-dealkylation sites (tertiary alicyclic amines) is 1. The van der Waals surface area contributed by atoms with Crippen molar-refractivity contribution in [3.8, 4) is 5.75 Å². The number of hydrogen-bond acceptors (Lipinski definition) is 6. The van der Waals surface area contributed by atoms with E-state index in [9.17, 15) is 14.4 Å². The van der Waals surface area contributed by atoms with Crippen molar-refractivity contribution in [3.63, 3.8) is 0 Å². The Hall–Kier alpha value is -4.60. The van der Waals surface area contributed by atoms with Gasteiger partial charge in [0.25, 0.3) is 0 Å². The molecule has 2 heterocycles. The molecule has 198 valence electrons. The van der Waals surface area contributed by atoms with Crippen LogP contribution >= 0.6 is 0 Å². The lowest BCUT2D eigenvalue weighted by Gasteiger charge is -2.25. The number of methoxy groups -OCH3 is 1. The molecule has 1 aliphatic rings. The third kappa shape index (κ3) is 6.58. The Morgan fingerprint density at radius 2 is 1.87 bits per heavy atom. The van der Waals surface area contributed by atoms with E-state index in [1.807, 2.05) is 42.2 Å². The quantitative estimate of drug-likeness (QED) is 0.331. The summed E-state index contributed by atoms with van der Waals surface area (Å²) >= 11 is 0. The first-order valence-corrected chi connectivity index (χ1v) is 12.4. The highest BCUT2D eigenvalue weighted by atomic mass is 16.5. The van der Waals surface area contributed by atoms with Gasteiger partial charge in [-0.3, -0.25) is 4.79 Å². The fourth-order valence-electron chi connectivity index (χ4n) is 4.45. The van der Waals surface area contributed by atoms with Gasteiger partial charge in [0.15, 0.2) is 0 Å². The number of para-hydroxylation sites is 1. The fraction of sp³-hybridized carbons (Fsp3) is 0.286. The number of benzene rings is 2. The highest BCUT2D eigenvalue weighted by Gasteiger charge is 2.28. The molecule has 1 aromatic heterocycles. The lowest BCUT2D eigenvalue weighted by molar-refractivity contribution is -0.131. The zero-order valence-corrected chi connectivity index (χ0v) is 21.4. The summed E-state index contributed by atoms with van der Waals surface area (Å²) in [5.74, 6) is -0.601. The number of aromatic carboxylic acids is 1. The summed E-state index contributed by atoms with van der Waals surface area (Å²) in [6, 6.07) is 15.6. The second-order valence-corrected chi connectivity index (χ2v) is 9.11. The summed E-state index contributed by atoms with van der Waals surface area (Å²) < 4.78 is 5.48. The highest BCUT2D eigenvalue weighted by Crippen LogP contribution is 2.27. The molecule has 0 aliphatic carbocycles. The number of amides is 3. The predicted octanol–water partition coefficient (Wildman–Crippen LogP) is 4.39. The van der Waals surface area contributed by atoms with E-state index < -0.39 is 5.97 Å². The predicted molar refractivity (Wildman–Crippen MR) is 145 cm³/mol. The molecule has 1 fully saturated rings. The molecular formula is C28H31N5O5. The van der Waals surface area contributed by atoms with E-state index in [1.54, 1.807) is 18.2 Å². The van der Waals surface area contributed by atoms with Crippen LogP contribution in [-0.4, -0.2) is 59.1 Å². The van der Waals surface area contributed by atoms with E-state index in [0.29, 0.717) is 30.2 Å². The summed E-state index contributed by atoms with van der Waals surface area (Å²) in [4.78, 5) is 42.4. The number of ether oxygens (including phenoxy) is 1. The van der Waals surface area contributed by atoms with E-state index >= 15 is 0 Å². The fourth-order valence-corrected chi connectivity index (χ4v) is 4.45. The zero-order chi connectivity index (χ0) is 27.1. The monoisotopic (exact) mass is 517 g/mol. The highest BCUT2D eigenvalue weighted by molar-refractivity contribution is 6.01. The van der Waals surface area contributed by atoms with Gasteiger partial charge < -0.3 is 30.7 Å². The Balaban J connectivity index is 1.34. The molecule has 4 rings (SSSR count). The maximum Gasteiger partial charge on any atom is 0.354 e. The molecule has 0 spiro atoms. The number of nitrogens with one attached hydrogen (secondary N) is 3. The van der Waals surface area contributed by atoms with Crippen LogP contribution in [0.4, 0.5) is 21.9 Å². The van der Waals surface area contributed by atoms with Crippen molar-refractivity contribution >= 4 is 35.0 Å². The van der Waals surface area contributed by atoms with Crippen LogP contribution in [0.3, 0.4) is 0 Å². The normalized spacial score (nSPS) is 14.6. The number of carbonyl (C=O) groups is 3. The van der Waals surface area contributed by atoms with Crippen LogP contribution in [0.2, 0.25) is 0 Å². The Morgan fingerprint density at radius 3 is 2.58 bits per heavy atom. The molecule has 1 atom stereocenters. The van der Waals surface area contributed by atoms with Crippen molar-refractivity contribution in [2.75, 3.05) is 36.1 Å². The minimum atomic E-state index is -1.07. The Kier molecular flexibility index (Phi) is 8.42. The molecule has 3 amide bonds. The summed E-state index contributed by atoms with van der Waals surface area (Å²) in [5.41, 5.74) is 3.63. The van der Waals surface area contributed by atoms with Crippen molar-refractivity contribution in [1.29, 1.82) is 0 Å². The smallest absolute Gasteiger partial charge is 0.354 e. The van der Waals surface area contributed by atoms with E-state index in [0.717, 1.165) is 29.7 Å². The molecule has 1 saturated heterocycles. The summed E-state index contributed by atoms with van der Waals surface area (Å²) in [6.45, 7) is 3.14. The maximum atomic E-state index is 13.2. The van der Waals surface area contributed by atoms with E-state index in [2.05, 4.69) is 20.9 Å². The second-order valence-electron chi connectivity index (χ2n) is 9.11. The van der Waals surface area contributed by atoms with Crippen molar-refractivity contribution in [2.24, 2.45) is 0 Å². The average Bonchev–Trinajstić information content (AvgIpc) is 3.39. The van der Waals surface area contributed by atoms with E-state index in [1.165, 1.54) is 19.4 Å². The number of aryl methyl sites for hydroxylation is 1. The topological polar surface area (TPSA) is 133 Å². The van der Waals surface area contributed by atoms with Crippen LogP contribution in [0.5, 0.6) is 5.75 Å². The number of nitrogens with zero attached hydrogens (tertiary/aromatic N) is 2. The third-order valence-corrected chi connectivity index (χ3v) is 6.48. The molecule has 0 bridgehead atoms. The Bertz CT molecular complexity index is 1310. The van der Waals surface area contributed by atoms with Gasteiger partial charge >= 0.3 is 12.0 Å². The van der Waals surface area contributed by atoms with Gasteiger partial charge in [0.1, 0.15) is 11.4 Å². The molecule has 2 aromatic carbocycles. The third-order valence-electron chi connectivity index (χ3n) is 6.48. The number of pyridine rings is 1. The number of carboxylic acid groups (broad SMARTS) is 1. The molecule has 3 aromatic rings. The molecular weight excluding hydrogens is 486 g/mol. The molecule has 10 nitrogen and oxygen atoms in total. The van der Waals surface area contributed by atoms with Crippen LogP contribution in [0, 0.1) is 6.92 Å². The minimum Gasteiger partial charge on any atom is -0.495 e. The SMILES string of the molecule is COc1cc(CC(=O)N2CCC[C@H]2CNc2ccc(C(=O)O)nc2)ccc1NC(=O)Nc1ccccc1C. The number of aromatic nitrogens is 1. The molecule has 1 aliphatic heterocycles. The van der Waals surface area contributed by atoms with Crippen LogP contribution in [0.25, 0.3) is 0 Å². The number of carboxylic acids is 1. The van der Waals surface area contributed by atoms with Gasteiger partial charge in [-0.1, -0.05) is 24.3 Å². The number of carbonyl (C=O) groups excluding carboxylic acids is 2. The number of rotatable bonds is 9. The maximum absolute atomic E-state index is 13.2. The first-order valence-electron chi connectivity index (χ1n) is 12.4. The zero-order valence-electron chi connectivity index (χ0n) is 21.4. The largest absolute Gasteiger partial charge is 0.495 e. The van der Waals surface area contributed by atoms with Crippen LogP contribution in [0.15, 0.2) is 60.8 Å². The van der Waals surface area contributed by atoms with Crippen LogP contribution in [-0.2, 0) is 11.2 Å². The van der Waals surface area contributed by atoms with Crippen molar-refractivity contribution in [1.82, 2.24) is 9.88 Å². The van der Waals surface area contributed by atoms with Gasteiger partial charge in [0, 0.05) is 24.8 Å². The van der Waals surface area contributed by atoms with Gasteiger partial charge in [0.2, 0.25) is 5.91 Å². The Labute approximate surface area is 221 Å². The average molecular weight is 518 g/mol. The number of anilines is 3. The lowest BCUT2D eigenvalue weighted by atomic mass is 10.1. The van der Waals surface area contributed by atoms with Crippen molar-refractivity contribution in [2.45, 2.75) is 32.2 Å². The summed E-state index contributed by atoms with van der Waals surface area (Å²) in [5, 5.41) is 17.9. The van der Waals surface area contributed by atoms with Gasteiger partial charge in [-0.2, -0.15) is 0 Å².